The molecule has 4 nitrogen and oxygen atoms in total. The van der Waals surface area contributed by atoms with Crippen molar-refractivity contribution in [3.05, 3.63) is 106 Å². The molecule has 3 aromatic carbocycles. The monoisotopic (exact) mass is 493 g/mol. The standard InChI is InChI=1S/C27H28BrNO3/c1-20(26(30)17-14-21-12-15-24(28)16-13-21)25(18-22-8-4-2-5-9-22)29(27(31)32)19-23-10-6-3-7-11-23/h2-13,15-16,20,25H,14,17-19H2,1H3,(H,31,32). The summed E-state index contributed by atoms with van der Waals surface area (Å²) in [6.07, 6.45) is 0.500. The number of carbonyl (C=O) groups is 2. The fourth-order valence-electron chi connectivity index (χ4n) is 3.88. The molecular formula is C27H28BrNO3. The third kappa shape index (κ3) is 6.79. The summed E-state index contributed by atoms with van der Waals surface area (Å²) in [5, 5.41) is 10.1. The molecule has 0 aromatic heterocycles. The maximum absolute atomic E-state index is 13.2. The van der Waals surface area contributed by atoms with Gasteiger partial charge in [0.25, 0.3) is 0 Å². The van der Waals surface area contributed by atoms with Crippen LogP contribution in [0.3, 0.4) is 0 Å². The molecule has 3 rings (SSSR count). The fraction of sp³-hybridized carbons (Fsp3) is 0.259. The van der Waals surface area contributed by atoms with Crippen LogP contribution in [-0.4, -0.2) is 27.9 Å². The van der Waals surface area contributed by atoms with E-state index in [0.717, 1.165) is 21.2 Å². The molecule has 0 bridgehead atoms. The molecule has 1 N–H and O–H groups in total. The van der Waals surface area contributed by atoms with Crippen LogP contribution in [0.4, 0.5) is 4.79 Å². The van der Waals surface area contributed by atoms with Crippen molar-refractivity contribution < 1.29 is 14.7 Å². The van der Waals surface area contributed by atoms with E-state index in [2.05, 4.69) is 15.9 Å². The summed E-state index contributed by atoms with van der Waals surface area (Å²) in [7, 11) is 0. The predicted molar refractivity (Wildman–Crippen MR) is 131 cm³/mol. The van der Waals surface area contributed by atoms with E-state index in [9.17, 15) is 14.7 Å². The number of carboxylic acid groups (broad SMARTS) is 1. The summed E-state index contributed by atoms with van der Waals surface area (Å²) in [6, 6.07) is 26.8. The van der Waals surface area contributed by atoms with Gasteiger partial charge in [-0.1, -0.05) is 95.7 Å². The van der Waals surface area contributed by atoms with Crippen LogP contribution in [0.25, 0.3) is 0 Å². The van der Waals surface area contributed by atoms with Crippen LogP contribution in [-0.2, 0) is 24.2 Å². The molecule has 166 valence electrons. The molecule has 0 saturated heterocycles. The lowest BCUT2D eigenvalue weighted by Crippen LogP contribution is -2.46. The number of hydrogen-bond donors (Lipinski definition) is 1. The Morgan fingerprint density at radius 1 is 0.844 bits per heavy atom. The van der Waals surface area contributed by atoms with Gasteiger partial charge in [0.2, 0.25) is 0 Å². The van der Waals surface area contributed by atoms with Crippen LogP contribution in [0.5, 0.6) is 0 Å². The van der Waals surface area contributed by atoms with Crippen molar-refractivity contribution in [2.75, 3.05) is 0 Å². The molecule has 0 radical (unpaired) electrons. The fourth-order valence-corrected chi connectivity index (χ4v) is 4.14. The van der Waals surface area contributed by atoms with Crippen LogP contribution in [0.1, 0.15) is 30.0 Å². The largest absolute Gasteiger partial charge is 0.465 e. The quantitative estimate of drug-likeness (QED) is 0.356. The van der Waals surface area contributed by atoms with Gasteiger partial charge in [-0.3, -0.25) is 4.79 Å². The van der Waals surface area contributed by atoms with Crippen molar-refractivity contribution in [1.29, 1.82) is 0 Å². The van der Waals surface area contributed by atoms with Crippen molar-refractivity contribution in [2.45, 2.75) is 38.8 Å². The van der Waals surface area contributed by atoms with Crippen molar-refractivity contribution in [3.63, 3.8) is 0 Å². The molecule has 0 aliphatic rings. The number of benzene rings is 3. The molecule has 0 fully saturated rings. The number of carbonyl (C=O) groups excluding carboxylic acids is 1. The van der Waals surface area contributed by atoms with E-state index in [1.807, 2.05) is 91.9 Å². The van der Waals surface area contributed by atoms with E-state index < -0.39 is 18.1 Å². The molecule has 0 heterocycles. The Balaban J connectivity index is 1.80. The Kier molecular flexibility index (Phi) is 8.63. The van der Waals surface area contributed by atoms with Crippen molar-refractivity contribution in [3.8, 4) is 0 Å². The van der Waals surface area contributed by atoms with E-state index in [0.29, 0.717) is 19.3 Å². The van der Waals surface area contributed by atoms with Crippen LogP contribution < -0.4 is 0 Å². The Bertz CT molecular complexity index is 1010. The highest BCUT2D eigenvalue weighted by Gasteiger charge is 2.32. The minimum atomic E-state index is -1.01. The first kappa shape index (κ1) is 23.7. The topological polar surface area (TPSA) is 57.6 Å². The highest BCUT2D eigenvalue weighted by atomic mass is 79.9. The van der Waals surface area contributed by atoms with Crippen LogP contribution in [0.15, 0.2) is 89.4 Å². The normalized spacial score (nSPS) is 12.7. The predicted octanol–water partition coefficient (Wildman–Crippen LogP) is 6.38. The number of amides is 1. The molecule has 0 aliphatic heterocycles. The van der Waals surface area contributed by atoms with E-state index in [1.54, 1.807) is 0 Å². The number of halogens is 1. The van der Waals surface area contributed by atoms with E-state index in [1.165, 1.54) is 4.90 Å². The number of ketones is 1. The van der Waals surface area contributed by atoms with Crippen molar-refractivity contribution >= 4 is 27.8 Å². The maximum atomic E-state index is 13.2. The maximum Gasteiger partial charge on any atom is 0.407 e. The summed E-state index contributed by atoms with van der Waals surface area (Å²) in [4.78, 5) is 26.9. The molecule has 5 heteroatoms. The summed E-state index contributed by atoms with van der Waals surface area (Å²) < 4.78 is 1.00. The summed E-state index contributed by atoms with van der Waals surface area (Å²) in [5.41, 5.74) is 3.01. The molecular weight excluding hydrogens is 466 g/mol. The molecule has 0 aliphatic carbocycles. The zero-order valence-electron chi connectivity index (χ0n) is 18.2. The van der Waals surface area contributed by atoms with Crippen molar-refractivity contribution in [1.82, 2.24) is 4.90 Å². The van der Waals surface area contributed by atoms with E-state index in [-0.39, 0.29) is 12.3 Å². The Morgan fingerprint density at radius 3 is 1.97 bits per heavy atom. The number of rotatable bonds is 10. The summed E-state index contributed by atoms with van der Waals surface area (Å²) >= 11 is 3.43. The number of Topliss-reactive ketones (excluding diaryl/α,β-unsaturated/α-hetero) is 1. The van der Waals surface area contributed by atoms with Crippen molar-refractivity contribution in [2.24, 2.45) is 5.92 Å². The Labute approximate surface area is 198 Å². The van der Waals surface area contributed by atoms with Gasteiger partial charge in [0.15, 0.2) is 0 Å². The highest BCUT2D eigenvalue weighted by Crippen LogP contribution is 2.23. The molecule has 0 spiro atoms. The lowest BCUT2D eigenvalue weighted by Gasteiger charge is -2.33. The van der Waals surface area contributed by atoms with Crippen LogP contribution in [0.2, 0.25) is 0 Å². The average Bonchev–Trinajstić information content (AvgIpc) is 2.81. The first-order chi connectivity index (χ1) is 15.4. The van der Waals surface area contributed by atoms with Crippen LogP contribution >= 0.6 is 15.9 Å². The lowest BCUT2D eigenvalue weighted by atomic mass is 9.87. The lowest BCUT2D eigenvalue weighted by molar-refractivity contribution is -0.124. The van der Waals surface area contributed by atoms with Gasteiger partial charge in [-0.2, -0.15) is 0 Å². The number of aryl methyl sites for hydroxylation is 1. The molecule has 32 heavy (non-hydrogen) atoms. The summed E-state index contributed by atoms with van der Waals surface area (Å²) in [6.45, 7) is 2.11. The molecule has 2 unspecified atom stereocenters. The first-order valence-corrected chi connectivity index (χ1v) is 11.6. The minimum Gasteiger partial charge on any atom is -0.465 e. The SMILES string of the molecule is CC(C(=O)CCc1ccc(Br)cc1)C(Cc1ccccc1)N(Cc1ccccc1)C(=O)O. The third-order valence-corrected chi connectivity index (χ3v) is 6.32. The molecule has 1 amide bonds. The second kappa shape index (κ2) is 11.6. The first-order valence-electron chi connectivity index (χ1n) is 10.8. The van der Waals surface area contributed by atoms with Gasteiger partial charge < -0.3 is 10.0 Å². The number of nitrogens with zero attached hydrogens (tertiary/aromatic N) is 1. The van der Waals surface area contributed by atoms with Gasteiger partial charge in [-0.25, -0.2) is 4.79 Å². The average molecular weight is 494 g/mol. The molecule has 0 saturated carbocycles. The molecule has 2 atom stereocenters. The van der Waals surface area contributed by atoms with E-state index in [4.69, 9.17) is 0 Å². The highest BCUT2D eigenvalue weighted by molar-refractivity contribution is 9.10. The summed E-state index contributed by atoms with van der Waals surface area (Å²) in [5.74, 6) is -0.348. The number of hydrogen-bond acceptors (Lipinski definition) is 2. The van der Waals surface area contributed by atoms with Gasteiger partial charge in [0.1, 0.15) is 5.78 Å². The van der Waals surface area contributed by atoms with Crippen LogP contribution in [0, 0.1) is 5.92 Å². The second-order valence-electron chi connectivity index (χ2n) is 8.03. The van der Waals surface area contributed by atoms with Gasteiger partial charge >= 0.3 is 6.09 Å². The zero-order chi connectivity index (χ0) is 22.9. The van der Waals surface area contributed by atoms with Gasteiger partial charge in [-0.05, 0) is 41.7 Å². The van der Waals surface area contributed by atoms with E-state index >= 15 is 0 Å². The minimum absolute atomic E-state index is 0.0770. The zero-order valence-corrected chi connectivity index (χ0v) is 19.7. The van der Waals surface area contributed by atoms with Gasteiger partial charge in [-0.15, -0.1) is 0 Å². The smallest absolute Gasteiger partial charge is 0.407 e. The Hall–Kier alpha value is -2.92. The van der Waals surface area contributed by atoms with Gasteiger partial charge in [0, 0.05) is 29.4 Å². The van der Waals surface area contributed by atoms with Gasteiger partial charge in [0.05, 0.1) is 0 Å². The second-order valence-corrected chi connectivity index (χ2v) is 8.95. The molecule has 3 aromatic rings. The Morgan fingerprint density at radius 2 is 1.41 bits per heavy atom. The third-order valence-electron chi connectivity index (χ3n) is 5.79.